The van der Waals surface area contributed by atoms with Crippen molar-refractivity contribution in [1.29, 1.82) is 0 Å². The number of piperidine rings is 1. The van der Waals surface area contributed by atoms with E-state index in [1.165, 1.54) is 12.8 Å². The van der Waals surface area contributed by atoms with Gasteiger partial charge in [-0.1, -0.05) is 18.6 Å². The number of aliphatic hydroxyl groups is 1. The molecule has 3 atom stereocenters. The summed E-state index contributed by atoms with van der Waals surface area (Å²) in [5.74, 6) is 1.67. The molecule has 3 unspecified atom stereocenters. The quantitative estimate of drug-likeness (QED) is 0.869. The molecule has 1 fully saturated rings. The van der Waals surface area contributed by atoms with Crippen molar-refractivity contribution in [2.45, 2.75) is 31.4 Å². The summed E-state index contributed by atoms with van der Waals surface area (Å²) in [6, 6.07) is 8.05. The standard InChI is InChI=1S/C15H21NO3/c17-9-11(12-5-3-4-8-16-12)15-10-18-13-6-1-2-7-14(13)19-15/h1-2,6-7,11-12,15-17H,3-5,8-10H2. The van der Waals surface area contributed by atoms with Crippen molar-refractivity contribution >= 4 is 0 Å². The fourth-order valence-electron chi connectivity index (χ4n) is 2.99. The molecule has 3 rings (SSSR count). The summed E-state index contributed by atoms with van der Waals surface area (Å²) in [4.78, 5) is 0. The Labute approximate surface area is 113 Å². The summed E-state index contributed by atoms with van der Waals surface area (Å²) in [6.45, 7) is 1.68. The van der Waals surface area contributed by atoms with Gasteiger partial charge in [0.2, 0.25) is 0 Å². The van der Waals surface area contributed by atoms with Gasteiger partial charge in [-0.2, -0.15) is 0 Å². The first-order valence-corrected chi connectivity index (χ1v) is 7.11. The Bertz CT molecular complexity index is 418. The third kappa shape index (κ3) is 2.69. The zero-order valence-electron chi connectivity index (χ0n) is 11.0. The Balaban J connectivity index is 1.71. The average molecular weight is 263 g/mol. The SMILES string of the molecule is OCC(C1CCCCN1)C1COc2ccccc2O1. The van der Waals surface area contributed by atoms with Crippen LogP contribution in [-0.2, 0) is 0 Å². The van der Waals surface area contributed by atoms with E-state index in [2.05, 4.69) is 5.32 Å². The number of hydrogen-bond acceptors (Lipinski definition) is 4. The lowest BCUT2D eigenvalue weighted by atomic mass is 9.88. The first-order valence-electron chi connectivity index (χ1n) is 7.11. The lowest BCUT2D eigenvalue weighted by Crippen LogP contribution is -2.50. The zero-order chi connectivity index (χ0) is 13.1. The van der Waals surface area contributed by atoms with E-state index in [0.29, 0.717) is 12.6 Å². The number of hydrogen-bond donors (Lipinski definition) is 2. The van der Waals surface area contributed by atoms with Crippen molar-refractivity contribution in [3.8, 4) is 11.5 Å². The van der Waals surface area contributed by atoms with Crippen LogP contribution in [0.25, 0.3) is 0 Å². The van der Waals surface area contributed by atoms with Crippen LogP contribution >= 0.6 is 0 Å². The van der Waals surface area contributed by atoms with Gasteiger partial charge in [-0.3, -0.25) is 0 Å². The molecule has 1 aromatic rings. The molecule has 1 aromatic carbocycles. The second-order valence-corrected chi connectivity index (χ2v) is 5.32. The number of ether oxygens (including phenoxy) is 2. The molecule has 0 radical (unpaired) electrons. The number of para-hydroxylation sites is 2. The fraction of sp³-hybridized carbons (Fsp3) is 0.600. The lowest BCUT2D eigenvalue weighted by Gasteiger charge is -2.37. The molecule has 0 spiro atoms. The summed E-state index contributed by atoms with van der Waals surface area (Å²) >= 11 is 0. The molecule has 19 heavy (non-hydrogen) atoms. The van der Waals surface area contributed by atoms with E-state index in [4.69, 9.17) is 9.47 Å². The van der Waals surface area contributed by atoms with E-state index >= 15 is 0 Å². The minimum absolute atomic E-state index is 0.0736. The molecule has 104 valence electrons. The van der Waals surface area contributed by atoms with E-state index in [0.717, 1.165) is 24.5 Å². The van der Waals surface area contributed by atoms with E-state index in [-0.39, 0.29) is 18.6 Å². The number of aliphatic hydroxyl groups excluding tert-OH is 1. The van der Waals surface area contributed by atoms with Crippen molar-refractivity contribution < 1.29 is 14.6 Å². The Morgan fingerprint density at radius 1 is 1.26 bits per heavy atom. The Morgan fingerprint density at radius 3 is 2.84 bits per heavy atom. The summed E-state index contributed by atoms with van der Waals surface area (Å²) in [5.41, 5.74) is 0. The van der Waals surface area contributed by atoms with Crippen LogP contribution < -0.4 is 14.8 Å². The number of nitrogens with one attached hydrogen (secondary N) is 1. The predicted octanol–water partition coefficient (Wildman–Crippen LogP) is 1.58. The third-order valence-corrected chi connectivity index (χ3v) is 4.08. The van der Waals surface area contributed by atoms with Gasteiger partial charge in [0.15, 0.2) is 11.5 Å². The highest BCUT2D eigenvalue weighted by atomic mass is 16.6. The van der Waals surface area contributed by atoms with Gasteiger partial charge in [-0.25, -0.2) is 0 Å². The van der Waals surface area contributed by atoms with Gasteiger partial charge in [-0.15, -0.1) is 0 Å². The smallest absolute Gasteiger partial charge is 0.161 e. The molecular formula is C15H21NO3. The first-order chi connectivity index (χ1) is 9.38. The lowest BCUT2D eigenvalue weighted by molar-refractivity contribution is 0.00511. The van der Waals surface area contributed by atoms with E-state index < -0.39 is 0 Å². The minimum Gasteiger partial charge on any atom is -0.486 e. The van der Waals surface area contributed by atoms with Crippen molar-refractivity contribution in [2.24, 2.45) is 5.92 Å². The Hall–Kier alpha value is -1.26. The van der Waals surface area contributed by atoms with E-state index in [9.17, 15) is 5.11 Å². The zero-order valence-corrected chi connectivity index (χ0v) is 11.0. The number of benzene rings is 1. The van der Waals surface area contributed by atoms with Crippen LogP contribution in [0, 0.1) is 5.92 Å². The van der Waals surface area contributed by atoms with Crippen LogP contribution in [0.4, 0.5) is 0 Å². The Kier molecular flexibility index (Phi) is 3.89. The second kappa shape index (κ2) is 5.80. The highest BCUT2D eigenvalue weighted by Gasteiger charge is 2.34. The molecule has 0 bridgehead atoms. The van der Waals surface area contributed by atoms with Crippen molar-refractivity contribution in [3.05, 3.63) is 24.3 Å². The molecule has 0 aliphatic carbocycles. The fourth-order valence-corrected chi connectivity index (χ4v) is 2.99. The van der Waals surface area contributed by atoms with Crippen LogP contribution in [0.15, 0.2) is 24.3 Å². The normalized spacial score (nSPS) is 27.8. The van der Waals surface area contributed by atoms with Crippen LogP contribution in [0.1, 0.15) is 19.3 Å². The molecule has 2 aliphatic rings. The summed E-state index contributed by atoms with van der Waals surface area (Å²) in [5, 5.41) is 13.2. The molecule has 0 aromatic heterocycles. The topological polar surface area (TPSA) is 50.7 Å². The Morgan fingerprint density at radius 2 is 2.11 bits per heavy atom. The average Bonchev–Trinajstić information content (AvgIpc) is 2.49. The third-order valence-electron chi connectivity index (χ3n) is 4.08. The number of rotatable bonds is 3. The summed E-state index contributed by atoms with van der Waals surface area (Å²) in [7, 11) is 0. The first kappa shape index (κ1) is 12.8. The van der Waals surface area contributed by atoms with Crippen LogP contribution in [-0.4, -0.2) is 37.0 Å². The molecule has 2 N–H and O–H groups in total. The highest BCUT2D eigenvalue weighted by Crippen LogP contribution is 2.34. The molecule has 4 nitrogen and oxygen atoms in total. The minimum atomic E-state index is -0.0736. The van der Waals surface area contributed by atoms with Gasteiger partial charge in [0, 0.05) is 12.0 Å². The molecule has 2 aliphatic heterocycles. The largest absolute Gasteiger partial charge is 0.486 e. The molecule has 2 heterocycles. The molecule has 1 saturated heterocycles. The van der Waals surface area contributed by atoms with Gasteiger partial charge < -0.3 is 19.9 Å². The van der Waals surface area contributed by atoms with Crippen LogP contribution in [0.3, 0.4) is 0 Å². The van der Waals surface area contributed by atoms with Crippen molar-refractivity contribution in [1.82, 2.24) is 5.32 Å². The van der Waals surface area contributed by atoms with Crippen LogP contribution in [0.5, 0.6) is 11.5 Å². The second-order valence-electron chi connectivity index (χ2n) is 5.32. The van der Waals surface area contributed by atoms with Gasteiger partial charge in [0.1, 0.15) is 12.7 Å². The van der Waals surface area contributed by atoms with E-state index in [1.54, 1.807) is 0 Å². The van der Waals surface area contributed by atoms with Crippen LogP contribution in [0.2, 0.25) is 0 Å². The van der Waals surface area contributed by atoms with Crippen molar-refractivity contribution in [3.63, 3.8) is 0 Å². The maximum Gasteiger partial charge on any atom is 0.161 e. The summed E-state index contributed by atoms with van der Waals surface area (Å²) < 4.78 is 11.8. The van der Waals surface area contributed by atoms with Gasteiger partial charge >= 0.3 is 0 Å². The van der Waals surface area contributed by atoms with Gasteiger partial charge in [0.25, 0.3) is 0 Å². The highest BCUT2D eigenvalue weighted by molar-refractivity contribution is 5.40. The molecular weight excluding hydrogens is 242 g/mol. The maximum absolute atomic E-state index is 9.70. The number of fused-ring (bicyclic) bond motifs is 1. The monoisotopic (exact) mass is 263 g/mol. The summed E-state index contributed by atoms with van der Waals surface area (Å²) in [6.07, 6.45) is 3.47. The molecule has 0 saturated carbocycles. The van der Waals surface area contributed by atoms with Gasteiger partial charge in [-0.05, 0) is 31.5 Å². The predicted molar refractivity (Wildman–Crippen MR) is 72.6 cm³/mol. The maximum atomic E-state index is 9.70. The van der Waals surface area contributed by atoms with Gasteiger partial charge in [0.05, 0.1) is 6.61 Å². The van der Waals surface area contributed by atoms with E-state index in [1.807, 2.05) is 24.3 Å². The molecule has 0 amide bonds. The molecule has 4 heteroatoms. The van der Waals surface area contributed by atoms with Crippen molar-refractivity contribution in [2.75, 3.05) is 19.8 Å².